The molecule has 2 nitrogen and oxygen atoms in total. The predicted octanol–water partition coefficient (Wildman–Crippen LogP) is 11.8. The molecule has 0 atom stereocenters. The number of pyridine rings is 2. The molecule has 0 radical (unpaired) electrons. The Balaban J connectivity index is 1.33. The second kappa shape index (κ2) is 10.8. The van der Waals surface area contributed by atoms with E-state index in [1.54, 1.807) is 6.20 Å². The van der Waals surface area contributed by atoms with Gasteiger partial charge in [0.25, 0.3) is 0 Å². The van der Waals surface area contributed by atoms with Crippen molar-refractivity contribution >= 4 is 43.1 Å². The summed E-state index contributed by atoms with van der Waals surface area (Å²) in [5.74, 6) is 0. The Hall–Kier alpha value is -6.12. The van der Waals surface area contributed by atoms with Crippen molar-refractivity contribution in [3.05, 3.63) is 170 Å². The van der Waals surface area contributed by atoms with Crippen molar-refractivity contribution in [2.24, 2.45) is 0 Å². The largest absolute Gasteiger partial charge is 0.264 e. The lowest BCUT2D eigenvalue weighted by Gasteiger charge is -2.19. The van der Waals surface area contributed by atoms with Crippen LogP contribution < -0.4 is 0 Å². The Morgan fingerprint density at radius 1 is 0.326 bits per heavy atom. The second-order valence-corrected chi connectivity index (χ2v) is 11.9. The van der Waals surface area contributed by atoms with Crippen LogP contribution in [0.2, 0.25) is 0 Å². The summed E-state index contributed by atoms with van der Waals surface area (Å²) < 4.78 is 0. The minimum atomic E-state index is 0.916. The van der Waals surface area contributed by atoms with Gasteiger partial charge in [-0.15, -0.1) is 0 Å². The van der Waals surface area contributed by atoms with Crippen molar-refractivity contribution in [3.63, 3.8) is 0 Å². The highest BCUT2D eigenvalue weighted by molar-refractivity contribution is 6.22. The number of rotatable bonds is 4. The Morgan fingerprint density at radius 3 is 1.50 bits per heavy atom. The fourth-order valence-corrected chi connectivity index (χ4v) is 6.92. The molecule has 2 aromatic heterocycles. The zero-order chi connectivity index (χ0) is 30.5. The summed E-state index contributed by atoms with van der Waals surface area (Å²) in [5, 5.41) is 9.94. The van der Waals surface area contributed by atoms with Gasteiger partial charge in [0.05, 0.1) is 5.69 Å². The van der Waals surface area contributed by atoms with Crippen LogP contribution in [-0.2, 0) is 0 Å². The third kappa shape index (κ3) is 4.43. The number of benzene rings is 7. The molecule has 46 heavy (non-hydrogen) atoms. The predicted molar refractivity (Wildman–Crippen MR) is 194 cm³/mol. The molecule has 0 spiro atoms. The number of nitrogens with zero attached hydrogens (tertiary/aromatic N) is 2. The molecular weight excluding hydrogens is 556 g/mol. The maximum absolute atomic E-state index is 4.82. The number of hydrogen-bond acceptors (Lipinski definition) is 2. The maximum atomic E-state index is 4.82. The average molecular weight is 585 g/mol. The van der Waals surface area contributed by atoms with E-state index in [9.17, 15) is 0 Å². The van der Waals surface area contributed by atoms with Crippen LogP contribution in [0.5, 0.6) is 0 Å². The molecule has 0 saturated heterocycles. The molecule has 9 aromatic rings. The van der Waals surface area contributed by atoms with E-state index >= 15 is 0 Å². The van der Waals surface area contributed by atoms with Crippen LogP contribution in [0.3, 0.4) is 0 Å². The van der Waals surface area contributed by atoms with E-state index < -0.39 is 0 Å². The summed E-state index contributed by atoms with van der Waals surface area (Å²) >= 11 is 0. The summed E-state index contributed by atoms with van der Waals surface area (Å²) in [5.41, 5.74) is 9.10. The van der Waals surface area contributed by atoms with E-state index in [4.69, 9.17) is 4.98 Å². The normalized spacial score (nSPS) is 11.5. The summed E-state index contributed by atoms with van der Waals surface area (Å²) in [6.45, 7) is 0. The molecule has 0 fully saturated rings. The quantitative estimate of drug-likeness (QED) is 0.192. The molecule has 2 heteroatoms. The van der Waals surface area contributed by atoms with E-state index in [1.165, 1.54) is 65.3 Å². The first-order valence-corrected chi connectivity index (χ1v) is 15.6. The Bertz CT molecular complexity index is 2570. The Kier molecular flexibility index (Phi) is 6.17. The highest BCUT2D eigenvalue weighted by atomic mass is 14.7. The molecule has 0 aliphatic rings. The van der Waals surface area contributed by atoms with Gasteiger partial charge in [0, 0.05) is 29.7 Å². The number of fused-ring (bicyclic) bond motifs is 4. The standard InChI is InChI=1S/C44H28N2/c1-3-10-31-24-34(17-15-29(31)8-1)43-38-13-5-6-14-39(38)44(35-18-16-30-9-2-4-11-32(30)25-35)41-26-33(19-21-40(41)43)36-20-22-42(46-28-36)37-12-7-23-45-27-37/h1-28H. The first kappa shape index (κ1) is 26.3. The van der Waals surface area contributed by atoms with Crippen molar-refractivity contribution in [1.82, 2.24) is 9.97 Å². The lowest BCUT2D eigenvalue weighted by Crippen LogP contribution is -1.92. The Labute approximate surface area is 267 Å². The summed E-state index contributed by atoms with van der Waals surface area (Å²) in [6.07, 6.45) is 5.62. The zero-order valence-corrected chi connectivity index (χ0v) is 25.1. The molecule has 9 rings (SSSR count). The molecule has 0 amide bonds. The molecular formula is C44H28N2. The molecule has 0 N–H and O–H groups in total. The van der Waals surface area contributed by atoms with Crippen LogP contribution >= 0.6 is 0 Å². The van der Waals surface area contributed by atoms with Crippen molar-refractivity contribution in [2.75, 3.05) is 0 Å². The highest BCUT2D eigenvalue weighted by Crippen LogP contribution is 2.45. The maximum Gasteiger partial charge on any atom is 0.0717 e. The monoisotopic (exact) mass is 584 g/mol. The van der Waals surface area contributed by atoms with E-state index in [-0.39, 0.29) is 0 Å². The second-order valence-electron chi connectivity index (χ2n) is 11.9. The first-order valence-electron chi connectivity index (χ1n) is 15.6. The number of hydrogen-bond donors (Lipinski definition) is 0. The van der Waals surface area contributed by atoms with Crippen LogP contribution in [0.4, 0.5) is 0 Å². The van der Waals surface area contributed by atoms with E-state index in [0.717, 1.165) is 22.4 Å². The van der Waals surface area contributed by atoms with Gasteiger partial charge in [-0.25, -0.2) is 0 Å². The third-order valence-electron chi connectivity index (χ3n) is 9.15. The molecule has 0 aliphatic carbocycles. The fourth-order valence-electron chi connectivity index (χ4n) is 6.92. The SMILES string of the molecule is c1cncc(-c2ccc(-c3ccc4c(-c5ccc6ccccc6c5)c5ccccc5c(-c5ccc6ccccc6c5)c4c3)cn2)c1. The minimum absolute atomic E-state index is 0.916. The molecule has 0 saturated carbocycles. The lowest BCUT2D eigenvalue weighted by atomic mass is 9.84. The van der Waals surface area contributed by atoms with E-state index in [1.807, 2.05) is 24.5 Å². The molecule has 0 unspecified atom stereocenters. The van der Waals surface area contributed by atoms with Gasteiger partial charge in [0.1, 0.15) is 0 Å². The number of aromatic nitrogens is 2. The third-order valence-corrected chi connectivity index (χ3v) is 9.15. The van der Waals surface area contributed by atoms with Crippen molar-refractivity contribution in [1.29, 1.82) is 0 Å². The van der Waals surface area contributed by atoms with E-state index in [0.29, 0.717) is 0 Å². The summed E-state index contributed by atoms with van der Waals surface area (Å²) in [6, 6.07) is 54.9. The van der Waals surface area contributed by atoms with Gasteiger partial charge in [0.15, 0.2) is 0 Å². The van der Waals surface area contributed by atoms with Crippen LogP contribution in [0.1, 0.15) is 0 Å². The van der Waals surface area contributed by atoms with Gasteiger partial charge in [-0.3, -0.25) is 9.97 Å². The van der Waals surface area contributed by atoms with Crippen molar-refractivity contribution in [2.45, 2.75) is 0 Å². The molecule has 214 valence electrons. The van der Waals surface area contributed by atoms with Crippen LogP contribution in [0.25, 0.3) is 87.7 Å². The van der Waals surface area contributed by atoms with Crippen LogP contribution in [0, 0.1) is 0 Å². The van der Waals surface area contributed by atoms with Crippen molar-refractivity contribution < 1.29 is 0 Å². The fraction of sp³-hybridized carbons (Fsp3) is 0. The van der Waals surface area contributed by atoms with E-state index in [2.05, 4.69) is 145 Å². The van der Waals surface area contributed by atoms with Crippen LogP contribution in [-0.4, -0.2) is 9.97 Å². The highest BCUT2D eigenvalue weighted by Gasteiger charge is 2.18. The average Bonchev–Trinajstić information content (AvgIpc) is 3.13. The van der Waals surface area contributed by atoms with Gasteiger partial charge in [-0.2, -0.15) is 0 Å². The van der Waals surface area contributed by atoms with Gasteiger partial charge >= 0.3 is 0 Å². The zero-order valence-electron chi connectivity index (χ0n) is 25.1. The molecule has 2 heterocycles. The van der Waals surface area contributed by atoms with Gasteiger partial charge in [-0.05, 0) is 107 Å². The smallest absolute Gasteiger partial charge is 0.0717 e. The molecule has 0 bridgehead atoms. The first-order chi connectivity index (χ1) is 22.8. The van der Waals surface area contributed by atoms with Gasteiger partial charge < -0.3 is 0 Å². The lowest BCUT2D eigenvalue weighted by molar-refractivity contribution is 1.28. The molecule has 7 aromatic carbocycles. The molecule has 0 aliphatic heterocycles. The van der Waals surface area contributed by atoms with Crippen molar-refractivity contribution in [3.8, 4) is 44.6 Å². The Morgan fingerprint density at radius 2 is 0.891 bits per heavy atom. The topological polar surface area (TPSA) is 25.8 Å². The van der Waals surface area contributed by atoms with Gasteiger partial charge in [-0.1, -0.05) is 115 Å². The summed E-state index contributed by atoms with van der Waals surface area (Å²) in [4.78, 5) is 9.09. The van der Waals surface area contributed by atoms with Gasteiger partial charge in [0.2, 0.25) is 0 Å². The summed E-state index contributed by atoms with van der Waals surface area (Å²) in [7, 11) is 0. The van der Waals surface area contributed by atoms with Crippen LogP contribution in [0.15, 0.2) is 170 Å². The minimum Gasteiger partial charge on any atom is -0.264 e.